The number of nitrogens with zero attached hydrogens (tertiary/aromatic N) is 7. The van der Waals surface area contributed by atoms with Gasteiger partial charge in [0.05, 0.1) is 0 Å². The molecule has 9 heteroatoms. The van der Waals surface area contributed by atoms with Crippen LogP contribution in [0.15, 0.2) is 36.7 Å². The fraction of sp³-hybridized carbons (Fsp3) is 0.278. The van der Waals surface area contributed by atoms with Gasteiger partial charge >= 0.3 is 0 Å². The Morgan fingerprint density at radius 1 is 1.19 bits per heavy atom. The second-order valence-electron chi connectivity index (χ2n) is 6.69. The molecule has 1 aliphatic rings. The molecule has 3 aromatic heterocycles. The van der Waals surface area contributed by atoms with Crippen LogP contribution < -0.4 is 5.32 Å². The Bertz CT molecular complexity index is 1110. The van der Waals surface area contributed by atoms with E-state index in [2.05, 4.69) is 35.1 Å². The summed E-state index contributed by atoms with van der Waals surface area (Å²) in [6.45, 7) is 2.65. The van der Waals surface area contributed by atoms with E-state index >= 15 is 0 Å². The average Bonchev–Trinajstić information content (AvgIpc) is 3.29. The molecule has 0 fully saturated rings. The number of hydrogen-bond donors (Lipinski definition) is 1. The van der Waals surface area contributed by atoms with Crippen LogP contribution in [0, 0.1) is 12.7 Å². The molecule has 1 atom stereocenters. The van der Waals surface area contributed by atoms with Gasteiger partial charge in [-0.15, -0.1) is 10.2 Å². The summed E-state index contributed by atoms with van der Waals surface area (Å²) in [5, 5.41) is 16.4. The van der Waals surface area contributed by atoms with Crippen LogP contribution in [0.2, 0.25) is 0 Å². The predicted octanol–water partition coefficient (Wildman–Crippen LogP) is 2.26. The number of nitrogens with one attached hydrogen (secondary N) is 1. The first-order valence-electron chi connectivity index (χ1n) is 8.79. The Labute approximate surface area is 154 Å². The van der Waals surface area contributed by atoms with E-state index in [-0.39, 0.29) is 11.9 Å². The third-order valence-corrected chi connectivity index (χ3v) is 4.78. The standard InChI is InChI=1S/C18H17FN8/c1-11-8-16(27-18(22-11)20-10-21-27)23-14-6-7-15-24-25-17(26(15)9-14)12-2-4-13(19)5-3-12/h2-5,8,10,14,23H,6-7,9H2,1H3. The molecule has 4 heterocycles. The van der Waals surface area contributed by atoms with E-state index in [1.807, 2.05) is 13.0 Å². The average molecular weight is 364 g/mol. The zero-order chi connectivity index (χ0) is 18.4. The molecule has 0 radical (unpaired) electrons. The third kappa shape index (κ3) is 2.80. The molecule has 0 bridgehead atoms. The summed E-state index contributed by atoms with van der Waals surface area (Å²) in [7, 11) is 0. The van der Waals surface area contributed by atoms with Gasteiger partial charge in [-0.05, 0) is 37.6 Å². The normalized spacial score (nSPS) is 16.4. The lowest BCUT2D eigenvalue weighted by molar-refractivity contribution is 0.477. The summed E-state index contributed by atoms with van der Waals surface area (Å²) in [4.78, 5) is 8.54. The second-order valence-corrected chi connectivity index (χ2v) is 6.69. The number of halogens is 1. The fourth-order valence-corrected chi connectivity index (χ4v) is 3.50. The Morgan fingerprint density at radius 2 is 2.04 bits per heavy atom. The molecule has 136 valence electrons. The maximum atomic E-state index is 13.2. The Kier molecular flexibility index (Phi) is 3.59. The number of fused-ring (bicyclic) bond motifs is 2. The van der Waals surface area contributed by atoms with Gasteiger partial charge in [-0.1, -0.05) is 0 Å². The molecule has 5 rings (SSSR count). The third-order valence-electron chi connectivity index (χ3n) is 4.78. The molecule has 1 unspecified atom stereocenters. The summed E-state index contributed by atoms with van der Waals surface area (Å²) in [5.41, 5.74) is 1.74. The number of benzene rings is 1. The van der Waals surface area contributed by atoms with Crippen LogP contribution in [-0.4, -0.2) is 40.4 Å². The van der Waals surface area contributed by atoms with Gasteiger partial charge in [0.25, 0.3) is 5.78 Å². The van der Waals surface area contributed by atoms with E-state index in [1.165, 1.54) is 18.5 Å². The molecule has 1 aromatic carbocycles. The molecule has 0 spiro atoms. The summed E-state index contributed by atoms with van der Waals surface area (Å²) < 4.78 is 17.0. The van der Waals surface area contributed by atoms with Crippen molar-refractivity contribution in [1.29, 1.82) is 0 Å². The van der Waals surface area contributed by atoms with Crippen molar-refractivity contribution in [2.75, 3.05) is 5.32 Å². The van der Waals surface area contributed by atoms with Crippen LogP contribution >= 0.6 is 0 Å². The van der Waals surface area contributed by atoms with Crippen LogP contribution in [-0.2, 0) is 13.0 Å². The Balaban J connectivity index is 1.45. The zero-order valence-corrected chi connectivity index (χ0v) is 14.7. The van der Waals surface area contributed by atoms with Crippen LogP contribution in [0.25, 0.3) is 17.2 Å². The smallest absolute Gasteiger partial charge is 0.254 e. The molecule has 1 N–H and O–H groups in total. The first-order chi connectivity index (χ1) is 13.2. The molecule has 8 nitrogen and oxygen atoms in total. The maximum absolute atomic E-state index is 13.2. The minimum atomic E-state index is -0.262. The monoisotopic (exact) mass is 364 g/mol. The van der Waals surface area contributed by atoms with E-state index in [1.54, 1.807) is 16.6 Å². The highest BCUT2D eigenvalue weighted by Crippen LogP contribution is 2.25. The first kappa shape index (κ1) is 15.9. The SMILES string of the molecule is Cc1cc(NC2CCc3nnc(-c4ccc(F)cc4)n3C2)n2ncnc2n1. The molecule has 4 aromatic rings. The van der Waals surface area contributed by atoms with E-state index < -0.39 is 0 Å². The molecule has 1 aliphatic heterocycles. The Morgan fingerprint density at radius 3 is 2.89 bits per heavy atom. The molecule has 0 amide bonds. The minimum Gasteiger partial charge on any atom is -0.365 e. The zero-order valence-electron chi connectivity index (χ0n) is 14.7. The van der Waals surface area contributed by atoms with Gasteiger partial charge in [-0.3, -0.25) is 0 Å². The van der Waals surface area contributed by atoms with Crippen LogP contribution in [0.1, 0.15) is 17.9 Å². The summed E-state index contributed by atoms with van der Waals surface area (Å²) in [6, 6.07) is 8.49. The molecular formula is C18H17FN8. The molecular weight excluding hydrogens is 347 g/mol. The van der Waals surface area contributed by atoms with Gasteiger partial charge < -0.3 is 9.88 Å². The maximum Gasteiger partial charge on any atom is 0.254 e. The molecule has 0 saturated carbocycles. The van der Waals surface area contributed by atoms with Crippen molar-refractivity contribution in [2.24, 2.45) is 0 Å². The van der Waals surface area contributed by atoms with E-state index in [0.29, 0.717) is 12.3 Å². The minimum absolute atomic E-state index is 0.182. The highest BCUT2D eigenvalue weighted by Gasteiger charge is 2.24. The van der Waals surface area contributed by atoms with Crippen LogP contribution in [0.4, 0.5) is 10.2 Å². The van der Waals surface area contributed by atoms with Gasteiger partial charge in [-0.25, -0.2) is 9.37 Å². The molecule has 0 saturated heterocycles. The van der Waals surface area contributed by atoms with Gasteiger partial charge in [0.15, 0.2) is 5.82 Å². The van der Waals surface area contributed by atoms with Crippen molar-refractivity contribution in [3.63, 3.8) is 0 Å². The molecule has 27 heavy (non-hydrogen) atoms. The fourth-order valence-electron chi connectivity index (χ4n) is 3.50. The van der Waals surface area contributed by atoms with Gasteiger partial charge in [-0.2, -0.15) is 14.6 Å². The van der Waals surface area contributed by atoms with E-state index in [0.717, 1.165) is 41.6 Å². The lowest BCUT2D eigenvalue weighted by Gasteiger charge is -2.26. The topological polar surface area (TPSA) is 85.8 Å². The number of aromatic nitrogens is 7. The van der Waals surface area contributed by atoms with E-state index in [9.17, 15) is 4.39 Å². The van der Waals surface area contributed by atoms with Gasteiger partial charge in [0.2, 0.25) is 0 Å². The number of anilines is 1. The largest absolute Gasteiger partial charge is 0.365 e. The highest BCUT2D eigenvalue weighted by molar-refractivity contribution is 5.55. The quantitative estimate of drug-likeness (QED) is 0.600. The van der Waals surface area contributed by atoms with Crippen molar-refractivity contribution in [2.45, 2.75) is 32.4 Å². The van der Waals surface area contributed by atoms with Crippen LogP contribution in [0.5, 0.6) is 0 Å². The van der Waals surface area contributed by atoms with Crippen molar-refractivity contribution >= 4 is 11.6 Å². The number of hydrogen-bond acceptors (Lipinski definition) is 6. The van der Waals surface area contributed by atoms with Crippen molar-refractivity contribution in [3.05, 3.63) is 54.0 Å². The van der Waals surface area contributed by atoms with Crippen molar-refractivity contribution < 1.29 is 4.39 Å². The van der Waals surface area contributed by atoms with Crippen LogP contribution in [0.3, 0.4) is 0 Å². The van der Waals surface area contributed by atoms with E-state index in [4.69, 9.17) is 0 Å². The van der Waals surface area contributed by atoms with Gasteiger partial charge in [0, 0.05) is 36.3 Å². The van der Waals surface area contributed by atoms with Crippen molar-refractivity contribution in [1.82, 2.24) is 34.3 Å². The first-order valence-corrected chi connectivity index (χ1v) is 8.79. The summed E-state index contributed by atoms with van der Waals surface area (Å²) in [5.74, 6) is 2.88. The summed E-state index contributed by atoms with van der Waals surface area (Å²) >= 11 is 0. The lowest BCUT2D eigenvalue weighted by atomic mass is 10.1. The second kappa shape index (κ2) is 6.11. The summed E-state index contributed by atoms with van der Waals surface area (Å²) in [6.07, 6.45) is 3.24. The number of rotatable bonds is 3. The lowest BCUT2D eigenvalue weighted by Crippen LogP contribution is -2.32. The van der Waals surface area contributed by atoms with Gasteiger partial charge in [0.1, 0.15) is 23.8 Å². The number of aryl methyl sites for hydroxylation is 2. The highest BCUT2D eigenvalue weighted by atomic mass is 19.1. The van der Waals surface area contributed by atoms with Crippen molar-refractivity contribution in [3.8, 4) is 11.4 Å². The Hall–Kier alpha value is -3.36. The molecule has 0 aliphatic carbocycles. The predicted molar refractivity (Wildman–Crippen MR) is 96.7 cm³/mol.